The van der Waals surface area contributed by atoms with E-state index in [1.165, 1.54) is 11.1 Å². The Bertz CT molecular complexity index is 545. The molecule has 0 aliphatic carbocycles. The molecular formula is C17H17BrClN. The Labute approximate surface area is 135 Å². The highest BCUT2D eigenvalue weighted by Gasteiger charge is 2.10. The second-order valence-corrected chi connectivity index (χ2v) is 5.29. The second kappa shape index (κ2) is 8.81. The fraction of sp³-hybridized carbons (Fsp3) is 0.176. The van der Waals surface area contributed by atoms with E-state index in [0.717, 1.165) is 10.9 Å². The van der Waals surface area contributed by atoms with Crippen LogP contribution in [0.4, 0.5) is 0 Å². The maximum Gasteiger partial charge on any atom is 0.0578 e. The first kappa shape index (κ1) is 16.8. The van der Waals surface area contributed by atoms with E-state index in [4.69, 9.17) is 6.42 Å². The lowest BCUT2D eigenvalue weighted by molar-refractivity contribution is 0.569. The Kier molecular flexibility index (Phi) is 7.40. The molecular weight excluding hydrogens is 334 g/mol. The van der Waals surface area contributed by atoms with Gasteiger partial charge in [0.25, 0.3) is 0 Å². The molecule has 0 saturated carbocycles. The van der Waals surface area contributed by atoms with Gasteiger partial charge in [-0.25, -0.2) is 0 Å². The van der Waals surface area contributed by atoms with Crippen LogP contribution in [0.3, 0.4) is 0 Å². The normalized spacial score (nSPS) is 11.2. The maximum atomic E-state index is 5.35. The fourth-order valence-corrected chi connectivity index (χ4v) is 2.30. The van der Waals surface area contributed by atoms with Crippen molar-refractivity contribution in [2.45, 2.75) is 12.5 Å². The average molecular weight is 351 g/mol. The third-order valence-corrected chi connectivity index (χ3v) is 3.53. The summed E-state index contributed by atoms with van der Waals surface area (Å²) in [4.78, 5) is 0. The topological polar surface area (TPSA) is 12.0 Å². The zero-order chi connectivity index (χ0) is 13.5. The molecule has 0 fully saturated rings. The van der Waals surface area contributed by atoms with E-state index in [1.54, 1.807) is 0 Å². The molecule has 2 rings (SSSR count). The highest BCUT2D eigenvalue weighted by Crippen LogP contribution is 2.19. The lowest BCUT2D eigenvalue weighted by atomic mass is 9.99. The van der Waals surface area contributed by atoms with E-state index in [9.17, 15) is 0 Å². The minimum absolute atomic E-state index is 0. The van der Waals surface area contributed by atoms with Crippen molar-refractivity contribution in [3.8, 4) is 12.3 Å². The van der Waals surface area contributed by atoms with E-state index in [2.05, 4.69) is 75.7 Å². The van der Waals surface area contributed by atoms with Gasteiger partial charge in [0, 0.05) is 10.5 Å². The van der Waals surface area contributed by atoms with Gasteiger partial charge in [-0.15, -0.1) is 18.8 Å². The SMILES string of the molecule is C#CCN[C@@H](Cc1ccc(Br)cc1)c1ccccc1.Cl. The standard InChI is InChI=1S/C17H16BrN.ClH/c1-2-12-19-17(15-6-4-3-5-7-15)13-14-8-10-16(18)11-9-14;/h1,3-11,17,19H,12-13H2;1H/t17-;/m0./s1. The Morgan fingerprint density at radius 2 is 1.70 bits per heavy atom. The lowest BCUT2D eigenvalue weighted by Crippen LogP contribution is -2.23. The molecule has 20 heavy (non-hydrogen) atoms. The van der Waals surface area contributed by atoms with Gasteiger partial charge in [-0.1, -0.05) is 64.3 Å². The molecule has 0 aromatic heterocycles. The Morgan fingerprint density at radius 3 is 2.30 bits per heavy atom. The zero-order valence-electron chi connectivity index (χ0n) is 11.1. The van der Waals surface area contributed by atoms with E-state index in [1.807, 2.05) is 6.07 Å². The Morgan fingerprint density at radius 1 is 1.05 bits per heavy atom. The zero-order valence-corrected chi connectivity index (χ0v) is 13.5. The molecule has 1 nitrogen and oxygen atoms in total. The first-order valence-electron chi connectivity index (χ1n) is 6.26. The minimum atomic E-state index is 0. The van der Waals surface area contributed by atoms with Crippen molar-refractivity contribution in [3.05, 3.63) is 70.2 Å². The summed E-state index contributed by atoms with van der Waals surface area (Å²) in [5.41, 5.74) is 2.56. The summed E-state index contributed by atoms with van der Waals surface area (Å²) < 4.78 is 1.10. The van der Waals surface area contributed by atoms with Crippen LogP contribution in [-0.2, 0) is 6.42 Å². The Balaban J connectivity index is 0.00000200. The van der Waals surface area contributed by atoms with Crippen molar-refractivity contribution >= 4 is 28.3 Å². The second-order valence-electron chi connectivity index (χ2n) is 4.38. The monoisotopic (exact) mass is 349 g/mol. The predicted octanol–water partition coefficient (Wildman–Crippen LogP) is 4.38. The van der Waals surface area contributed by atoms with Crippen LogP contribution in [0.2, 0.25) is 0 Å². The maximum absolute atomic E-state index is 5.35. The van der Waals surface area contributed by atoms with Crippen LogP contribution in [0.25, 0.3) is 0 Å². The van der Waals surface area contributed by atoms with Crippen LogP contribution < -0.4 is 5.32 Å². The van der Waals surface area contributed by atoms with E-state index >= 15 is 0 Å². The summed E-state index contributed by atoms with van der Waals surface area (Å²) in [5.74, 6) is 2.64. The number of hydrogen-bond acceptors (Lipinski definition) is 1. The highest BCUT2D eigenvalue weighted by molar-refractivity contribution is 9.10. The van der Waals surface area contributed by atoms with Gasteiger partial charge in [-0.2, -0.15) is 0 Å². The molecule has 1 atom stereocenters. The number of hydrogen-bond donors (Lipinski definition) is 1. The molecule has 0 heterocycles. The van der Waals surface area contributed by atoms with E-state index < -0.39 is 0 Å². The Hall–Kier alpha value is -1.27. The first-order valence-corrected chi connectivity index (χ1v) is 7.05. The van der Waals surface area contributed by atoms with Gasteiger partial charge in [0.1, 0.15) is 0 Å². The van der Waals surface area contributed by atoms with Gasteiger partial charge in [0.15, 0.2) is 0 Å². The summed E-state index contributed by atoms with van der Waals surface area (Å²) in [6.07, 6.45) is 6.28. The molecule has 0 radical (unpaired) electrons. The molecule has 0 spiro atoms. The molecule has 2 aromatic carbocycles. The molecule has 3 heteroatoms. The van der Waals surface area contributed by atoms with Gasteiger partial charge in [-0.3, -0.25) is 5.32 Å². The molecule has 0 bridgehead atoms. The van der Waals surface area contributed by atoms with Crippen LogP contribution in [0.1, 0.15) is 17.2 Å². The van der Waals surface area contributed by atoms with Crippen molar-refractivity contribution < 1.29 is 0 Å². The van der Waals surface area contributed by atoms with Crippen molar-refractivity contribution in [1.82, 2.24) is 5.32 Å². The van der Waals surface area contributed by atoms with Crippen molar-refractivity contribution in [2.24, 2.45) is 0 Å². The van der Waals surface area contributed by atoms with Gasteiger partial charge in [0.05, 0.1) is 6.54 Å². The van der Waals surface area contributed by atoms with E-state index in [0.29, 0.717) is 6.54 Å². The van der Waals surface area contributed by atoms with Crippen molar-refractivity contribution in [2.75, 3.05) is 6.54 Å². The molecule has 104 valence electrons. The van der Waals surface area contributed by atoms with Crippen LogP contribution in [0.15, 0.2) is 59.1 Å². The third-order valence-electron chi connectivity index (χ3n) is 3.01. The van der Waals surface area contributed by atoms with Crippen LogP contribution in [-0.4, -0.2) is 6.54 Å². The number of benzene rings is 2. The fourth-order valence-electron chi connectivity index (χ4n) is 2.03. The summed E-state index contributed by atoms with van der Waals surface area (Å²) in [6.45, 7) is 0.579. The first-order chi connectivity index (χ1) is 9.29. The summed E-state index contributed by atoms with van der Waals surface area (Å²) >= 11 is 3.46. The van der Waals surface area contributed by atoms with Crippen LogP contribution in [0.5, 0.6) is 0 Å². The molecule has 2 aromatic rings. The molecule has 0 aliphatic rings. The smallest absolute Gasteiger partial charge is 0.0578 e. The summed E-state index contributed by atoms with van der Waals surface area (Å²) in [5, 5.41) is 3.40. The molecule has 1 N–H and O–H groups in total. The number of nitrogens with one attached hydrogen (secondary N) is 1. The van der Waals surface area contributed by atoms with Gasteiger partial charge < -0.3 is 0 Å². The van der Waals surface area contributed by atoms with Gasteiger partial charge in [-0.05, 0) is 29.7 Å². The van der Waals surface area contributed by atoms with Gasteiger partial charge >= 0.3 is 0 Å². The number of terminal acetylenes is 1. The van der Waals surface area contributed by atoms with Crippen molar-refractivity contribution in [3.63, 3.8) is 0 Å². The lowest BCUT2D eigenvalue weighted by Gasteiger charge is -2.18. The van der Waals surface area contributed by atoms with Crippen LogP contribution >= 0.6 is 28.3 Å². The van der Waals surface area contributed by atoms with Crippen LogP contribution in [0, 0.1) is 12.3 Å². The number of rotatable bonds is 5. The largest absolute Gasteiger partial charge is 0.299 e. The third kappa shape index (κ3) is 5.02. The van der Waals surface area contributed by atoms with Crippen molar-refractivity contribution in [1.29, 1.82) is 0 Å². The predicted molar refractivity (Wildman–Crippen MR) is 91.1 cm³/mol. The average Bonchev–Trinajstić information content (AvgIpc) is 2.46. The molecule has 0 aliphatic heterocycles. The molecule has 0 saturated heterocycles. The highest BCUT2D eigenvalue weighted by atomic mass is 79.9. The summed E-state index contributed by atoms with van der Waals surface area (Å²) in [6, 6.07) is 19.1. The summed E-state index contributed by atoms with van der Waals surface area (Å²) in [7, 11) is 0. The number of halogens is 2. The van der Waals surface area contributed by atoms with Gasteiger partial charge in [0.2, 0.25) is 0 Å². The van der Waals surface area contributed by atoms with E-state index in [-0.39, 0.29) is 18.4 Å². The minimum Gasteiger partial charge on any atom is -0.299 e. The molecule has 0 unspecified atom stereocenters. The quantitative estimate of drug-likeness (QED) is 0.789. The molecule has 0 amide bonds.